The van der Waals surface area contributed by atoms with Crippen LogP contribution < -0.4 is 4.74 Å². The third kappa shape index (κ3) is 9.34. The molecule has 1 atom stereocenters. The first-order valence-electron chi connectivity index (χ1n) is 12.2. The highest BCUT2D eigenvalue weighted by Crippen LogP contribution is 2.25. The summed E-state index contributed by atoms with van der Waals surface area (Å²) in [7, 11) is 0. The fraction of sp³-hybridized carbons (Fsp3) is 0.571. The van der Waals surface area contributed by atoms with Crippen LogP contribution in [0.2, 0.25) is 0 Å². The summed E-state index contributed by atoms with van der Waals surface area (Å²) in [6.45, 7) is 8.28. The van der Waals surface area contributed by atoms with Crippen molar-refractivity contribution in [1.29, 1.82) is 0 Å². The SMILES string of the molecule is CCCCCCCCCOc1ccc(-c2ccc(C(C)OCCCCC)cc2)cc1. The Morgan fingerprint density at radius 3 is 1.73 bits per heavy atom. The molecule has 0 fully saturated rings. The van der Waals surface area contributed by atoms with E-state index in [1.165, 1.54) is 68.1 Å². The summed E-state index contributed by atoms with van der Waals surface area (Å²) < 4.78 is 11.9. The van der Waals surface area contributed by atoms with E-state index in [0.717, 1.165) is 31.8 Å². The van der Waals surface area contributed by atoms with Crippen molar-refractivity contribution in [2.45, 2.75) is 91.1 Å². The monoisotopic (exact) mass is 410 g/mol. The lowest BCUT2D eigenvalue weighted by molar-refractivity contribution is 0.0630. The molecule has 2 heteroatoms. The standard InChI is InChI=1S/C28H42O2/c1-4-6-8-9-10-11-13-23-30-28-20-18-27(19-21-28)26-16-14-25(15-17-26)24(3)29-22-12-7-5-2/h14-21,24H,4-13,22-23H2,1-3H3. The zero-order chi connectivity index (χ0) is 21.4. The highest BCUT2D eigenvalue weighted by molar-refractivity contribution is 5.64. The highest BCUT2D eigenvalue weighted by Gasteiger charge is 2.06. The molecule has 0 spiro atoms. The van der Waals surface area contributed by atoms with Crippen LogP contribution in [0.5, 0.6) is 5.75 Å². The quantitative estimate of drug-likeness (QED) is 0.257. The topological polar surface area (TPSA) is 18.5 Å². The van der Waals surface area contributed by atoms with E-state index in [4.69, 9.17) is 9.47 Å². The number of ether oxygens (including phenoxy) is 2. The first kappa shape index (κ1) is 24.5. The van der Waals surface area contributed by atoms with Gasteiger partial charge in [0.2, 0.25) is 0 Å². The third-order valence-corrected chi connectivity index (χ3v) is 5.70. The van der Waals surface area contributed by atoms with Crippen LogP contribution in [-0.2, 0) is 4.74 Å². The van der Waals surface area contributed by atoms with Crippen molar-refractivity contribution in [3.8, 4) is 16.9 Å². The van der Waals surface area contributed by atoms with Gasteiger partial charge in [0.05, 0.1) is 12.7 Å². The summed E-state index contributed by atoms with van der Waals surface area (Å²) in [6.07, 6.45) is 13.0. The molecule has 0 aliphatic heterocycles. The van der Waals surface area contributed by atoms with E-state index in [0.29, 0.717) is 0 Å². The fourth-order valence-corrected chi connectivity index (χ4v) is 3.65. The maximum Gasteiger partial charge on any atom is 0.119 e. The first-order valence-corrected chi connectivity index (χ1v) is 12.2. The Balaban J connectivity index is 1.72. The largest absolute Gasteiger partial charge is 0.494 e. The summed E-state index contributed by atoms with van der Waals surface area (Å²) in [6, 6.07) is 17.2. The van der Waals surface area contributed by atoms with Crippen molar-refractivity contribution in [2.24, 2.45) is 0 Å². The Labute approximate surface area is 185 Å². The van der Waals surface area contributed by atoms with Gasteiger partial charge in [0.15, 0.2) is 0 Å². The molecule has 2 aromatic carbocycles. The van der Waals surface area contributed by atoms with Crippen LogP contribution in [0.3, 0.4) is 0 Å². The van der Waals surface area contributed by atoms with Gasteiger partial charge in [-0.05, 0) is 48.6 Å². The molecule has 0 radical (unpaired) electrons. The minimum Gasteiger partial charge on any atom is -0.494 e. The average Bonchev–Trinajstić information content (AvgIpc) is 2.79. The lowest BCUT2D eigenvalue weighted by atomic mass is 10.0. The highest BCUT2D eigenvalue weighted by atomic mass is 16.5. The van der Waals surface area contributed by atoms with E-state index >= 15 is 0 Å². The second-order valence-corrected chi connectivity index (χ2v) is 8.34. The molecule has 0 heterocycles. The molecule has 2 rings (SSSR count). The van der Waals surface area contributed by atoms with Crippen molar-refractivity contribution in [2.75, 3.05) is 13.2 Å². The van der Waals surface area contributed by atoms with Gasteiger partial charge in [-0.2, -0.15) is 0 Å². The lowest BCUT2D eigenvalue weighted by Gasteiger charge is -2.14. The Hall–Kier alpha value is -1.80. The van der Waals surface area contributed by atoms with Crippen LogP contribution in [0.4, 0.5) is 0 Å². The van der Waals surface area contributed by atoms with Gasteiger partial charge in [0, 0.05) is 6.61 Å². The molecule has 0 N–H and O–H groups in total. The Kier molecular flexibility index (Phi) is 12.3. The summed E-state index contributed by atoms with van der Waals surface area (Å²) in [4.78, 5) is 0. The van der Waals surface area contributed by atoms with Crippen molar-refractivity contribution in [3.05, 3.63) is 54.1 Å². The molecule has 1 unspecified atom stereocenters. The van der Waals surface area contributed by atoms with Gasteiger partial charge in [0.25, 0.3) is 0 Å². The molecule has 0 aliphatic carbocycles. The molecule has 0 bridgehead atoms. The van der Waals surface area contributed by atoms with Gasteiger partial charge < -0.3 is 9.47 Å². The lowest BCUT2D eigenvalue weighted by Crippen LogP contribution is -2.01. The minimum atomic E-state index is 0.151. The number of hydrogen-bond donors (Lipinski definition) is 0. The van der Waals surface area contributed by atoms with E-state index in [2.05, 4.69) is 69.3 Å². The number of hydrogen-bond acceptors (Lipinski definition) is 2. The van der Waals surface area contributed by atoms with E-state index in [1.807, 2.05) is 0 Å². The summed E-state index contributed by atoms with van der Waals surface area (Å²) in [5.41, 5.74) is 3.70. The minimum absolute atomic E-state index is 0.151. The number of benzene rings is 2. The molecular weight excluding hydrogens is 368 g/mol. The first-order chi connectivity index (χ1) is 14.7. The second-order valence-electron chi connectivity index (χ2n) is 8.34. The third-order valence-electron chi connectivity index (χ3n) is 5.70. The number of rotatable bonds is 16. The molecule has 0 aliphatic rings. The molecule has 0 amide bonds. The normalized spacial score (nSPS) is 12.1. The number of unbranched alkanes of at least 4 members (excludes halogenated alkanes) is 8. The van der Waals surface area contributed by atoms with Gasteiger partial charge in [-0.1, -0.05) is 102 Å². The fourth-order valence-electron chi connectivity index (χ4n) is 3.65. The Morgan fingerprint density at radius 1 is 0.600 bits per heavy atom. The Bertz CT molecular complexity index is 660. The van der Waals surface area contributed by atoms with Gasteiger partial charge >= 0.3 is 0 Å². The zero-order valence-electron chi connectivity index (χ0n) is 19.5. The molecule has 30 heavy (non-hydrogen) atoms. The van der Waals surface area contributed by atoms with Crippen molar-refractivity contribution < 1.29 is 9.47 Å². The van der Waals surface area contributed by atoms with Crippen LogP contribution in [0.15, 0.2) is 48.5 Å². The van der Waals surface area contributed by atoms with E-state index in [9.17, 15) is 0 Å². The van der Waals surface area contributed by atoms with Crippen LogP contribution in [0.1, 0.15) is 96.6 Å². The van der Waals surface area contributed by atoms with Gasteiger partial charge in [0.1, 0.15) is 5.75 Å². The van der Waals surface area contributed by atoms with Crippen molar-refractivity contribution >= 4 is 0 Å². The summed E-state index contributed by atoms with van der Waals surface area (Å²) in [5.74, 6) is 0.968. The molecule has 2 nitrogen and oxygen atoms in total. The molecule has 0 saturated carbocycles. The van der Waals surface area contributed by atoms with Gasteiger partial charge in [-0.3, -0.25) is 0 Å². The molecule has 2 aromatic rings. The summed E-state index contributed by atoms with van der Waals surface area (Å²) >= 11 is 0. The van der Waals surface area contributed by atoms with Crippen molar-refractivity contribution in [3.63, 3.8) is 0 Å². The zero-order valence-corrected chi connectivity index (χ0v) is 19.5. The Morgan fingerprint density at radius 2 is 1.10 bits per heavy atom. The molecule has 0 aromatic heterocycles. The van der Waals surface area contributed by atoms with E-state index in [-0.39, 0.29) is 6.10 Å². The summed E-state index contributed by atoms with van der Waals surface area (Å²) in [5, 5.41) is 0. The van der Waals surface area contributed by atoms with E-state index < -0.39 is 0 Å². The van der Waals surface area contributed by atoms with E-state index in [1.54, 1.807) is 0 Å². The molecular formula is C28H42O2. The van der Waals surface area contributed by atoms with Crippen LogP contribution in [0.25, 0.3) is 11.1 Å². The molecule has 166 valence electrons. The smallest absolute Gasteiger partial charge is 0.119 e. The molecule has 0 saturated heterocycles. The maximum atomic E-state index is 5.95. The predicted molar refractivity (Wildman–Crippen MR) is 129 cm³/mol. The average molecular weight is 411 g/mol. The van der Waals surface area contributed by atoms with Crippen LogP contribution in [-0.4, -0.2) is 13.2 Å². The maximum absolute atomic E-state index is 5.95. The van der Waals surface area contributed by atoms with Crippen LogP contribution >= 0.6 is 0 Å². The van der Waals surface area contributed by atoms with Crippen molar-refractivity contribution in [1.82, 2.24) is 0 Å². The second kappa shape index (κ2) is 15.1. The van der Waals surface area contributed by atoms with Gasteiger partial charge in [-0.25, -0.2) is 0 Å². The van der Waals surface area contributed by atoms with Crippen LogP contribution in [0, 0.1) is 0 Å². The predicted octanol–water partition coefficient (Wildman–Crippen LogP) is 8.75. The van der Waals surface area contributed by atoms with Gasteiger partial charge in [-0.15, -0.1) is 0 Å².